The normalized spacial score (nSPS) is 12.6. The molecule has 0 bridgehead atoms. The van der Waals surface area contributed by atoms with E-state index in [0.29, 0.717) is 11.0 Å². The largest absolute Gasteiger partial charge is 0.350 e. The lowest BCUT2D eigenvalue weighted by atomic mass is 10.2. The lowest BCUT2D eigenvalue weighted by Gasteiger charge is -2.08. The van der Waals surface area contributed by atoms with Gasteiger partial charge in [-0.3, -0.25) is 0 Å². The SMILES string of the molecule is C=CCC(C)Nc1nc2ccc(Cl)cn2n1. The zero-order valence-electron chi connectivity index (χ0n) is 9.02. The Morgan fingerprint density at radius 1 is 1.62 bits per heavy atom. The van der Waals surface area contributed by atoms with Crippen LogP contribution in [0.4, 0.5) is 5.95 Å². The summed E-state index contributed by atoms with van der Waals surface area (Å²) in [5.74, 6) is 0.608. The van der Waals surface area contributed by atoms with Crippen molar-refractivity contribution in [2.75, 3.05) is 5.32 Å². The molecule has 5 heteroatoms. The Morgan fingerprint density at radius 3 is 3.19 bits per heavy atom. The van der Waals surface area contributed by atoms with Crippen LogP contribution in [0.3, 0.4) is 0 Å². The first kappa shape index (κ1) is 11.0. The molecule has 0 spiro atoms. The number of rotatable bonds is 4. The van der Waals surface area contributed by atoms with Gasteiger partial charge in [-0.25, -0.2) is 4.52 Å². The Morgan fingerprint density at radius 2 is 2.44 bits per heavy atom. The number of nitrogens with zero attached hydrogens (tertiary/aromatic N) is 3. The van der Waals surface area contributed by atoms with Gasteiger partial charge in [0.15, 0.2) is 5.65 Å². The van der Waals surface area contributed by atoms with Gasteiger partial charge in [0.2, 0.25) is 5.95 Å². The van der Waals surface area contributed by atoms with Crippen LogP contribution < -0.4 is 5.32 Å². The average molecular weight is 237 g/mol. The Kier molecular flexibility index (Phi) is 3.10. The molecule has 0 amide bonds. The van der Waals surface area contributed by atoms with E-state index >= 15 is 0 Å². The topological polar surface area (TPSA) is 42.2 Å². The van der Waals surface area contributed by atoms with Gasteiger partial charge in [-0.1, -0.05) is 17.7 Å². The van der Waals surface area contributed by atoms with Crippen molar-refractivity contribution in [3.63, 3.8) is 0 Å². The molecular weight excluding hydrogens is 224 g/mol. The molecule has 1 atom stereocenters. The van der Waals surface area contributed by atoms with Gasteiger partial charge in [-0.15, -0.1) is 11.7 Å². The first-order valence-electron chi connectivity index (χ1n) is 5.08. The highest BCUT2D eigenvalue weighted by Gasteiger charge is 2.06. The van der Waals surface area contributed by atoms with E-state index in [4.69, 9.17) is 11.6 Å². The van der Waals surface area contributed by atoms with Gasteiger partial charge in [-0.05, 0) is 25.5 Å². The monoisotopic (exact) mass is 236 g/mol. The van der Waals surface area contributed by atoms with Crippen LogP contribution in [0.2, 0.25) is 5.02 Å². The van der Waals surface area contributed by atoms with E-state index in [1.165, 1.54) is 0 Å². The number of fused-ring (bicyclic) bond motifs is 1. The van der Waals surface area contributed by atoms with Gasteiger partial charge in [0.1, 0.15) is 0 Å². The number of anilines is 1. The van der Waals surface area contributed by atoms with Crippen molar-refractivity contribution in [3.8, 4) is 0 Å². The average Bonchev–Trinajstić information content (AvgIpc) is 2.59. The highest BCUT2D eigenvalue weighted by Crippen LogP contribution is 2.12. The van der Waals surface area contributed by atoms with Crippen molar-refractivity contribution < 1.29 is 0 Å². The molecule has 16 heavy (non-hydrogen) atoms. The molecule has 2 rings (SSSR count). The maximum Gasteiger partial charge on any atom is 0.243 e. The number of aromatic nitrogens is 3. The maximum atomic E-state index is 5.86. The zero-order chi connectivity index (χ0) is 11.5. The van der Waals surface area contributed by atoms with Crippen LogP contribution in [0.5, 0.6) is 0 Å². The predicted octanol–water partition coefficient (Wildman–Crippen LogP) is 2.76. The Bertz CT molecular complexity index is 506. The molecule has 0 aliphatic heterocycles. The molecule has 4 nitrogen and oxygen atoms in total. The van der Waals surface area contributed by atoms with E-state index in [0.717, 1.165) is 12.1 Å². The summed E-state index contributed by atoms with van der Waals surface area (Å²) in [5.41, 5.74) is 0.776. The number of nitrogens with one attached hydrogen (secondary N) is 1. The Hall–Kier alpha value is -1.55. The molecule has 2 aromatic rings. The van der Waals surface area contributed by atoms with Gasteiger partial charge >= 0.3 is 0 Å². The minimum Gasteiger partial charge on any atom is -0.350 e. The summed E-state index contributed by atoms with van der Waals surface area (Å²) in [5, 5.41) is 8.11. The fraction of sp³-hybridized carbons (Fsp3) is 0.273. The molecule has 1 N–H and O–H groups in total. The van der Waals surface area contributed by atoms with Crippen LogP contribution in [-0.4, -0.2) is 20.6 Å². The highest BCUT2D eigenvalue weighted by molar-refractivity contribution is 6.30. The van der Waals surface area contributed by atoms with Crippen LogP contribution >= 0.6 is 11.6 Å². The number of pyridine rings is 1. The van der Waals surface area contributed by atoms with Crippen LogP contribution in [0.25, 0.3) is 5.65 Å². The van der Waals surface area contributed by atoms with Crippen LogP contribution in [0.1, 0.15) is 13.3 Å². The fourth-order valence-electron chi connectivity index (χ4n) is 1.45. The molecule has 0 aliphatic carbocycles. The quantitative estimate of drug-likeness (QED) is 0.830. The van der Waals surface area contributed by atoms with E-state index in [9.17, 15) is 0 Å². The number of hydrogen-bond donors (Lipinski definition) is 1. The molecular formula is C11H13ClN4. The van der Waals surface area contributed by atoms with Crippen molar-refractivity contribution in [3.05, 3.63) is 36.0 Å². The molecule has 0 radical (unpaired) electrons. The Balaban J connectivity index is 2.22. The molecule has 2 aromatic heterocycles. The third-order valence-corrected chi connectivity index (χ3v) is 2.41. The number of hydrogen-bond acceptors (Lipinski definition) is 3. The molecule has 2 heterocycles. The van der Waals surface area contributed by atoms with Crippen LogP contribution in [0.15, 0.2) is 31.0 Å². The van der Waals surface area contributed by atoms with Crippen molar-refractivity contribution in [1.82, 2.24) is 14.6 Å². The second kappa shape index (κ2) is 4.53. The standard InChI is InChI=1S/C11H13ClN4/c1-3-4-8(2)13-11-14-10-6-5-9(12)7-16(10)15-11/h3,5-8H,1,4H2,2H3,(H,13,15). The maximum absolute atomic E-state index is 5.86. The molecule has 0 aliphatic rings. The lowest BCUT2D eigenvalue weighted by Crippen LogP contribution is -2.14. The second-order valence-electron chi connectivity index (χ2n) is 3.66. The third-order valence-electron chi connectivity index (χ3n) is 2.19. The summed E-state index contributed by atoms with van der Waals surface area (Å²) >= 11 is 5.86. The molecule has 0 saturated heterocycles. The third kappa shape index (κ3) is 2.33. The summed E-state index contributed by atoms with van der Waals surface area (Å²) in [4.78, 5) is 4.32. The summed E-state index contributed by atoms with van der Waals surface area (Å²) in [6.07, 6.45) is 4.47. The van der Waals surface area contributed by atoms with Crippen LogP contribution in [-0.2, 0) is 0 Å². The first-order valence-corrected chi connectivity index (χ1v) is 5.46. The molecule has 0 aromatic carbocycles. The number of halogens is 1. The smallest absolute Gasteiger partial charge is 0.243 e. The van der Waals surface area contributed by atoms with Gasteiger partial charge in [-0.2, -0.15) is 4.98 Å². The summed E-state index contributed by atoms with van der Waals surface area (Å²) in [6.45, 7) is 5.75. The van der Waals surface area contributed by atoms with Crippen molar-refractivity contribution in [2.24, 2.45) is 0 Å². The van der Waals surface area contributed by atoms with E-state index < -0.39 is 0 Å². The van der Waals surface area contributed by atoms with E-state index in [-0.39, 0.29) is 6.04 Å². The molecule has 0 saturated carbocycles. The van der Waals surface area contributed by atoms with Gasteiger partial charge in [0, 0.05) is 12.2 Å². The summed E-state index contributed by atoms with van der Waals surface area (Å²) in [7, 11) is 0. The minimum atomic E-state index is 0.269. The van der Waals surface area contributed by atoms with Gasteiger partial charge < -0.3 is 5.32 Å². The van der Waals surface area contributed by atoms with E-state index in [1.807, 2.05) is 12.1 Å². The van der Waals surface area contributed by atoms with Crippen molar-refractivity contribution in [1.29, 1.82) is 0 Å². The molecule has 0 fully saturated rings. The summed E-state index contributed by atoms with van der Waals surface area (Å²) < 4.78 is 1.66. The van der Waals surface area contributed by atoms with Crippen LogP contribution in [0, 0.1) is 0 Å². The van der Waals surface area contributed by atoms with Gasteiger partial charge in [0.05, 0.1) is 5.02 Å². The van der Waals surface area contributed by atoms with E-state index in [1.54, 1.807) is 16.8 Å². The first-order chi connectivity index (χ1) is 7.69. The van der Waals surface area contributed by atoms with Gasteiger partial charge in [0.25, 0.3) is 0 Å². The second-order valence-corrected chi connectivity index (χ2v) is 4.09. The minimum absolute atomic E-state index is 0.269. The fourth-order valence-corrected chi connectivity index (χ4v) is 1.60. The highest BCUT2D eigenvalue weighted by atomic mass is 35.5. The van der Waals surface area contributed by atoms with E-state index in [2.05, 4.69) is 28.9 Å². The van der Waals surface area contributed by atoms with Crippen molar-refractivity contribution in [2.45, 2.75) is 19.4 Å². The summed E-state index contributed by atoms with van der Waals surface area (Å²) in [6, 6.07) is 3.90. The zero-order valence-corrected chi connectivity index (χ0v) is 9.78. The van der Waals surface area contributed by atoms with Crippen molar-refractivity contribution >= 4 is 23.2 Å². The molecule has 1 unspecified atom stereocenters. The predicted molar refractivity (Wildman–Crippen MR) is 65.9 cm³/mol. The Labute approximate surface area is 98.9 Å². The molecule has 84 valence electrons. The lowest BCUT2D eigenvalue weighted by molar-refractivity contribution is 0.796.